The van der Waals surface area contributed by atoms with Gasteiger partial charge in [-0.1, -0.05) is 39.1 Å². The monoisotopic (exact) mass is 350 g/mol. The molecule has 0 bridgehead atoms. The fraction of sp³-hybridized carbons (Fsp3) is 0. The highest BCUT2D eigenvalue weighted by molar-refractivity contribution is 9.10. The highest BCUT2D eigenvalue weighted by Gasteiger charge is 2.12. The minimum absolute atomic E-state index is 0.00410. The van der Waals surface area contributed by atoms with Crippen LogP contribution in [-0.4, -0.2) is 4.98 Å². The molecule has 1 aromatic carbocycles. The number of pyridine rings is 1. The molecule has 0 aliphatic heterocycles. The van der Waals surface area contributed by atoms with E-state index in [1.807, 2.05) is 0 Å². The highest BCUT2D eigenvalue weighted by atomic mass is 79.9. The molecule has 0 unspecified atom stereocenters. The van der Waals surface area contributed by atoms with Gasteiger partial charge in [0, 0.05) is 4.47 Å². The Balaban J connectivity index is 2.40. The number of hydrogen-bond donors (Lipinski definition) is 1. The fourth-order valence-electron chi connectivity index (χ4n) is 1.19. The second-order valence-electron chi connectivity index (χ2n) is 3.32. The zero-order chi connectivity index (χ0) is 13.3. The molecule has 0 aliphatic rings. The summed E-state index contributed by atoms with van der Waals surface area (Å²) in [5, 5.41) is 0.357. The van der Waals surface area contributed by atoms with Gasteiger partial charge in [0.2, 0.25) is 5.88 Å². The van der Waals surface area contributed by atoms with Crippen LogP contribution in [0.25, 0.3) is 0 Å². The lowest BCUT2D eigenvalue weighted by molar-refractivity contribution is 0.428. The third-order valence-electron chi connectivity index (χ3n) is 2.02. The van der Waals surface area contributed by atoms with E-state index in [0.29, 0.717) is 4.47 Å². The smallest absolute Gasteiger partial charge is 0.240 e. The summed E-state index contributed by atoms with van der Waals surface area (Å²) in [7, 11) is 0. The van der Waals surface area contributed by atoms with E-state index < -0.39 is 5.82 Å². The third-order valence-corrected chi connectivity index (χ3v) is 3.09. The van der Waals surface area contributed by atoms with E-state index in [-0.39, 0.29) is 27.5 Å². The molecule has 0 atom stereocenters. The Kier molecular flexibility index (Phi) is 3.94. The molecular weight excluding hydrogens is 346 g/mol. The van der Waals surface area contributed by atoms with Gasteiger partial charge in [0.15, 0.2) is 11.6 Å². The van der Waals surface area contributed by atoms with Crippen LogP contribution in [0.5, 0.6) is 11.6 Å². The SMILES string of the molecule is Nc1nc(Oc2cc(Br)ccc2F)c(Cl)cc1Cl. The van der Waals surface area contributed by atoms with Gasteiger partial charge in [-0.25, -0.2) is 4.39 Å². The molecule has 0 aliphatic carbocycles. The predicted molar refractivity (Wildman–Crippen MR) is 72.8 cm³/mol. The number of nitrogen functional groups attached to an aromatic ring is 1. The Morgan fingerprint density at radius 1 is 1.22 bits per heavy atom. The Hall–Kier alpha value is -1.04. The van der Waals surface area contributed by atoms with Crippen molar-refractivity contribution >= 4 is 44.9 Å². The molecule has 0 radical (unpaired) electrons. The zero-order valence-electron chi connectivity index (χ0n) is 8.75. The summed E-state index contributed by atoms with van der Waals surface area (Å²) in [5.74, 6) is -0.493. The van der Waals surface area contributed by atoms with Gasteiger partial charge >= 0.3 is 0 Å². The molecule has 2 rings (SSSR count). The molecule has 0 amide bonds. The molecule has 0 saturated carbocycles. The summed E-state index contributed by atoms with van der Waals surface area (Å²) in [6, 6.07) is 5.65. The van der Waals surface area contributed by atoms with Gasteiger partial charge in [-0.3, -0.25) is 0 Å². The normalized spacial score (nSPS) is 10.4. The first-order chi connectivity index (χ1) is 8.47. The number of rotatable bonds is 2. The lowest BCUT2D eigenvalue weighted by Gasteiger charge is -2.09. The van der Waals surface area contributed by atoms with E-state index in [4.69, 9.17) is 33.7 Å². The number of nitrogens with zero attached hydrogens (tertiary/aromatic N) is 1. The van der Waals surface area contributed by atoms with Crippen molar-refractivity contribution in [2.75, 3.05) is 5.73 Å². The van der Waals surface area contributed by atoms with E-state index in [0.717, 1.165) is 0 Å². The van der Waals surface area contributed by atoms with Crippen molar-refractivity contribution in [1.82, 2.24) is 4.98 Å². The standard InChI is InChI=1S/C11H6BrCl2FN2O/c12-5-1-2-8(15)9(3-5)18-11-7(14)4-6(13)10(16)17-11/h1-4H,(H2,16,17). The molecule has 1 aromatic heterocycles. The molecular formula is C11H6BrCl2FN2O. The van der Waals surface area contributed by atoms with Gasteiger partial charge in [0.05, 0.1) is 5.02 Å². The number of ether oxygens (including phenoxy) is 1. The van der Waals surface area contributed by atoms with E-state index in [9.17, 15) is 4.39 Å². The lowest BCUT2D eigenvalue weighted by Crippen LogP contribution is -1.97. The van der Waals surface area contributed by atoms with Crippen molar-refractivity contribution in [3.8, 4) is 11.6 Å². The molecule has 18 heavy (non-hydrogen) atoms. The molecule has 0 spiro atoms. The van der Waals surface area contributed by atoms with Gasteiger partial charge in [-0.05, 0) is 24.3 Å². The van der Waals surface area contributed by atoms with Crippen LogP contribution in [0.2, 0.25) is 10.0 Å². The van der Waals surface area contributed by atoms with Crippen LogP contribution < -0.4 is 10.5 Å². The quantitative estimate of drug-likeness (QED) is 0.855. The number of benzene rings is 1. The number of nitrogens with two attached hydrogens (primary N) is 1. The summed E-state index contributed by atoms with van der Waals surface area (Å²) < 4.78 is 19.4. The number of anilines is 1. The third kappa shape index (κ3) is 2.85. The van der Waals surface area contributed by atoms with Gasteiger partial charge in [0.1, 0.15) is 10.8 Å². The van der Waals surface area contributed by atoms with Crippen LogP contribution in [0.4, 0.5) is 10.2 Å². The predicted octanol–water partition coefficient (Wildman–Crippen LogP) is 4.66. The van der Waals surface area contributed by atoms with Crippen molar-refractivity contribution < 1.29 is 9.13 Å². The van der Waals surface area contributed by atoms with Crippen LogP contribution in [0.15, 0.2) is 28.7 Å². The average Bonchev–Trinajstić information content (AvgIpc) is 2.30. The topological polar surface area (TPSA) is 48.1 Å². The van der Waals surface area contributed by atoms with E-state index in [1.54, 1.807) is 6.07 Å². The Bertz CT molecular complexity index is 610. The van der Waals surface area contributed by atoms with Crippen LogP contribution >= 0.6 is 39.1 Å². The molecule has 0 fully saturated rings. The molecule has 3 nitrogen and oxygen atoms in total. The second kappa shape index (κ2) is 5.30. The first kappa shape index (κ1) is 13.4. The van der Waals surface area contributed by atoms with Gasteiger partial charge < -0.3 is 10.5 Å². The maximum Gasteiger partial charge on any atom is 0.240 e. The largest absolute Gasteiger partial charge is 0.434 e. The van der Waals surface area contributed by atoms with Gasteiger partial charge in [-0.15, -0.1) is 0 Å². The summed E-state index contributed by atoms with van der Waals surface area (Å²) in [5.41, 5.74) is 5.53. The van der Waals surface area contributed by atoms with Crippen LogP contribution in [0.1, 0.15) is 0 Å². The Morgan fingerprint density at radius 2 is 1.94 bits per heavy atom. The molecule has 7 heteroatoms. The fourth-order valence-corrected chi connectivity index (χ4v) is 1.93. The average molecular weight is 352 g/mol. The van der Waals surface area contributed by atoms with Crippen molar-refractivity contribution in [3.63, 3.8) is 0 Å². The summed E-state index contributed by atoms with van der Waals surface area (Å²) in [6.45, 7) is 0. The molecule has 2 aromatic rings. The lowest BCUT2D eigenvalue weighted by atomic mass is 10.3. The molecule has 0 saturated heterocycles. The zero-order valence-corrected chi connectivity index (χ0v) is 11.9. The molecule has 2 N–H and O–H groups in total. The summed E-state index contributed by atoms with van der Waals surface area (Å²) >= 11 is 14.8. The van der Waals surface area contributed by atoms with Crippen molar-refractivity contribution in [2.24, 2.45) is 0 Å². The number of hydrogen-bond acceptors (Lipinski definition) is 3. The first-order valence-electron chi connectivity index (χ1n) is 4.72. The van der Waals surface area contributed by atoms with Crippen LogP contribution in [0.3, 0.4) is 0 Å². The molecule has 94 valence electrons. The Labute approximate surface area is 121 Å². The summed E-state index contributed by atoms with van der Waals surface area (Å²) in [6.07, 6.45) is 0. The van der Waals surface area contributed by atoms with E-state index >= 15 is 0 Å². The minimum Gasteiger partial charge on any atom is -0.434 e. The second-order valence-corrected chi connectivity index (χ2v) is 5.05. The van der Waals surface area contributed by atoms with Crippen molar-refractivity contribution in [1.29, 1.82) is 0 Å². The van der Waals surface area contributed by atoms with Crippen LogP contribution in [-0.2, 0) is 0 Å². The Morgan fingerprint density at radius 3 is 2.67 bits per heavy atom. The van der Waals surface area contributed by atoms with E-state index in [1.165, 1.54) is 18.2 Å². The first-order valence-corrected chi connectivity index (χ1v) is 6.26. The van der Waals surface area contributed by atoms with Crippen LogP contribution in [0, 0.1) is 5.82 Å². The van der Waals surface area contributed by atoms with Crippen molar-refractivity contribution in [2.45, 2.75) is 0 Å². The highest BCUT2D eigenvalue weighted by Crippen LogP contribution is 2.34. The number of aromatic nitrogens is 1. The van der Waals surface area contributed by atoms with Gasteiger partial charge in [-0.2, -0.15) is 4.98 Å². The number of halogens is 4. The minimum atomic E-state index is -0.537. The maximum atomic E-state index is 13.5. The van der Waals surface area contributed by atoms with Gasteiger partial charge in [0.25, 0.3) is 0 Å². The maximum absolute atomic E-state index is 13.5. The summed E-state index contributed by atoms with van der Waals surface area (Å²) in [4.78, 5) is 3.85. The van der Waals surface area contributed by atoms with Crippen molar-refractivity contribution in [3.05, 3.63) is 44.6 Å². The van der Waals surface area contributed by atoms with E-state index in [2.05, 4.69) is 20.9 Å². The molecule has 1 heterocycles.